The van der Waals surface area contributed by atoms with Crippen LogP contribution in [0.25, 0.3) is 0 Å². The fourth-order valence-electron chi connectivity index (χ4n) is 0.852. The van der Waals surface area contributed by atoms with E-state index in [4.69, 9.17) is 10.8 Å². The highest BCUT2D eigenvalue weighted by molar-refractivity contribution is 7.90. The predicted octanol–water partition coefficient (Wildman–Crippen LogP) is -0.387. The van der Waals surface area contributed by atoms with Crippen LogP contribution < -0.4 is 5.73 Å². The van der Waals surface area contributed by atoms with Crippen molar-refractivity contribution in [1.29, 1.82) is 0 Å². The molecule has 0 aromatic carbocycles. The number of nitrogens with two attached hydrogens (primary N) is 1. The molecule has 0 heterocycles. The van der Waals surface area contributed by atoms with Gasteiger partial charge in [0.2, 0.25) is 0 Å². The van der Waals surface area contributed by atoms with Crippen molar-refractivity contribution in [2.24, 2.45) is 5.73 Å². The van der Waals surface area contributed by atoms with Gasteiger partial charge in [0.1, 0.15) is 15.9 Å². The van der Waals surface area contributed by atoms with Gasteiger partial charge in [-0.3, -0.25) is 4.79 Å². The Morgan fingerprint density at radius 2 is 2.00 bits per heavy atom. The van der Waals surface area contributed by atoms with E-state index in [2.05, 4.69) is 0 Å². The first kappa shape index (κ1) is 12.4. The molecule has 0 spiro atoms. The summed E-state index contributed by atoms with van der Waals surface area (Å²) in [5.41, 5.74) is 5.22. The molecule has 0 rings (SSSR count). The van der Waals surface area contributed by atoms with E-state index in [0.717, 1.165) is 6.26 Å². The number of unbranched alkanes of at least 4 members (excludes halogenated alkanes) is 1. The van der Waals surface area contributed by atoms with Gasteiger partial charge in [0.05, 0.1) is 0 Å². The van der Waals surface area contributed by atoms with E-state index < -0.39 is 21.8 Å². The summed E-state index contributed by atoms with van der Waals surface area (Å²) >= 11 is 0. The minimum atomic E-state index is -2.93. The minimum absolute atomic E-state index is 0.0966. The van der Waals surface area contributed by atoms with Gasteiger partial charge < -0.3 is 10.8 Å². The molecule has 0 aromatic rings. The summed E-state index contributed by atoms with van der Waals surface area (Å²) in [4.78, 5) is 10.2. The summed E-state index contributed by atoms with van der Waals surface area (Å²) in [5.74, 6) is -0.946. The maximum Gasteiger partial charge on any atom is 0.320 e. The van der Waals surface area contributed by atoms with Crippen LogP contribution in [0.3, 0.4) is 0 Å². The van der Waals surface area contributed by atoms with Gasteiger partial charge in [0.15, 0.2) is 0 Å². The molecule has 0 saturated carbocycles. The molecule has 0 aliphatic carbocycles. The zero-order chi connectivity index (χ0) is 10.5. The number of carbonyl (C=O) groups is 1. The van der Waals surface area contributed by atoms with Gasteiger partial charge in [0, 0.05) is 12.0 Å². The molecule has 6 heteroatoms. The predicted molar refractivity (Wildman–Crippen MR) is 49.2 cm³/mol. The van der Waals surface area contributed by atoms with Crippen molar-refractivity contribution in [3.05, 3.63) is 0 Å². The lowest BCUT2D eigenvalue weighted by Crippen LogP contribution is -2.29. The van der Waals surface area contributed by atoms with Crippen LogP contribution in [-0.4, -0.2) is 37.5 Å². The first-order valence-corrected chi connectivity index (χ1v) is 6.05. The van der Waals surface area contributed by atoms with E-state index in [0.29, 0.717) is 19.3 Å². The molecule has 78 valence electrons. The quantitative estimate of drug-likeness (QED) is 0.581. The van der Waals surface area contributed by atoms with Crippen molar-refractivity contribution in [1.82, 2.24) is 0 Å². The second kappa shape index (κ2) is 5.18. The number of rotatable bonds is 6. The molecule has 0 fully saturated rings. The van der Waals surface area contributed by atoms with E-state index in [1.807, 2.05) is 0 Å². The molecule has 0 aliphatic rings. The molecule has 0 radical (unpaired) electrons. The Labute approximate surface area is 77.8 Å². The van der Waals surface area contributed by atoms with Crippen LogP contribution in [0.2, 0.25) is 0 Å². The highest BCUT2D eigenvalue weighted by atomic mass is 32.2. The summed E-state index contributed by atoms with van der Waals surface area (Å²) in [7, 11) is -2.93. The van der Waals surface area contributed by atoms with Gasteiger partial charge >= 0.3 is 5.97 Å². The fraction of sp³-hybridized carbons (Fsp3) is 0.857. The van der Waals surface area contributed by atoms with Crippen LogP contribution in [0.15, 0.2) is 0 Å². The molecule has 5 nitrogen and oxygen atoms in total. The van der Waals surface area contributed by atoms with Gasteiger partial charge in [-0.05, 0) is 12.8 Å². The molecule has 1 unspecified atom stereocenters. The summed E-state index contributed by atoms with van der Waals surface area (Å²) < 4.78 is 21.3. The second-order valence-corrected chi connectivity index (χ2v) is 5.33. The minimum Gasteiger partial charge on any atom is -0.480 e. The van der Waals surface area contributed by atoms with E-state index >= 15 is 0 Å². The maximum absolute atomic E-state index is 10.7. The van der Waals surface area contributed by atoms with Crippen LogP contribution >= 0.6 is 0 Å². The van der Waals surface area contributed by atoms with E-state index in [9.17, 15) is 13.2 Å². The van der Waals surface area contributed by atoms with Crippen molar-refractivity contribution in [3.8, 4) is 0 Å². The number of hydrogen-bond donors (Lipinski definition) is 2. The maximum atomic E-state index is 10.7. The number of aliphatic carboxylic acids is 1. The first-order valence-electron chi connectivity index (χ1n) is 3.99. The van der Waals surface area contributed by atoms with Gasteiger partial charge in [-0.25, -0.2) is 8.42 Å². The molecule has 0 aromatic heterocycles. The van der Waals surface area contributed by atoms with Gasteiger partial charge in [-0.2, -0.15) is 0 Å². The average Bonchev–Trinajstić information content (AvgIpc) is 1.95. The summed E-state index contributed by atoms with van der Waals surface area (Å²) in [6.07, 6.45) is 2.48. The standard InChI is InChI=1S/C7H15NO4S/c1-13(11,12)5-3-2-4-6(8)7(9)10/h6H,2-5,8H2,1H3,(H,9,10). The first-order chi connectivity index (χ1) is 5.83. The van der Waals surface area contributed by atoms with Gasteiger partial charge in [-0.1, -0.05) is 6.42 Å². The van der Waals surface area contributed by atoms with Crippen LogP contribution in [0.1, 0.15) is 19.3 Å². The Hall–Kier alpha value is -0.620. The number of hydrogen-bond acceptors (Lipinski definition) is 4. The van der Waals surface area contributed by atoms with Gasteiger partial charge in [-0.15, -0.1) is 0 Å². The molecule has 13 heavy (non-hydrogen) atoms. The average molecular weight is 209 g/mol. The van der Waals surface area contributed by atoms with Gasteiger partial charge in [0.25, 0.3) is 0 Å². The molecule has 0 bridgehead atoms. The normalized spacial score (nSPS) is 14.0. The summed E-state index contributed by atoms with van der Waals surface area (Å²) in [5, 5.41) is 8.40. The Morgan fingerprint density at radius 3 is 2.38 bits per heavy atom. The topological polar surface area (TPSA) is 97.5 Å². The van der Waals surface area contributed by atoms with Crippen LogP contribution in [0.5, 0.6) is 0 Å². The Morgan fingerprint density at radius 1 is 1.46 bits per heavy atom. The highest BCUT2D eigenvalue weighted by Gasteiger charge is 2.10. The van der Waals surface area contributed by atoms with E-state index in [1.54, 1.807) is 0 Å². The molecular formula is C7H15NO4S. The largest absolute Gasteiger partial charge is 0.480 e. The van der Waals surface area contributed by atoms with Crippen molar-refractivity contribution >= 4 is 15.8 Å². The van der Waals surface area contributed by atoms with Crippen LogP contribution in [-0.2, 0) is 14.6 Å². The Balaban J connectivity index is 3.53. The lowest BCUT2D eigenvalue weighted by molar-refractivity contribution is -0.138. The molecule has 1 atom stereocenters. The lowest BCUT2D eigenvalue weighted by atomic mass is 10.1. The number of sulfone groups is 1. The Bertz CT molecular complexity index is 260. The molecule has 0 aliphatic heterocycles. The monoisotopic (exact) mass is 209 g/mol. The zero-order valence-electron chi connectivity index (χ0n) is 7.56. The van der Waals surface area contributed by atoms with Crippen LogP contribution in [0.4, 0.5) is 0 Å². The smallest absolute Gasteiger partial charge is 0.320 e. The third-order valence-electron chi connectivity index (χ3n) is 1.60. The molecule has 0 amide bonds. The fourth-order valence-corrected chi connectivity index (χ4v) is 1.58. The molecular weight excluding hydrogens is 194 g/mol. The van der Waals surface area contributed by atoms with Crippen molar-refractivity contribution in [2.75, 3.05) is 12.0 Å². The highest BCUT2D eigenvalue weighted by Crippen LogP contribution is 2.01. The second-order valence-electron chi connectivity index (χ2n) is 3.07. The van der Waals surface area contributed by atoms with Crippen molar-refractivity contribution in [3.63, 3.8) is 0 Å². The van der Waals surface area contributed by atoms with E-state index in [-0.39, 0.29) is 5.75 Å². The summed E-state index contributed by atoms with van der Waals surface area (Å²) in [6, 6.07) is -0.875. The third-order valence-corrected chi connectivity index (χ3v) is 2.63. The SMILES string of the molecule is CS(=O)(=O)CCCCC(N)C(=O)O. The molecule has 3 N–H and O–H groups in total. The van der Waals surface area contributed by atoms with Crippen molar-refractivity contribution in [2.45, 2.75) is 25.3 Å². The zero-order valence-corrected chi connectivity index (χ0v) is 8.38. The van der Waals surface area contributed by atoms with Crippen molar-refractivity contribution < 1.29 is 18.3 Å². The number of carboxylic acid groups (broad SMARTS) is 1. The molecule has 0 saturated heterocycles. The summed E-state index contributed by atoms with van der Waals surface area (Å²) in [6.45, 7) is 0. The number of carboxylic acids is 1. The Kier molecular flexibility index (Phi) is 4.94. The van der Waals surface area contributed by atoms with E-state index in [1.165, 1.54) is 0 Å². The third kappa shape index (κ3) is 7.73. The van der Waals surface area contributed by atoms with Crippen LogP contribution in [0, 0.1) is 0 Å². The lowest BCUT2D eigenvalue weighted by Gasteiger charge is -2.04.